The van der Waals surface area contributed by atoms with Gasteiger partial charge >= 0.3 is 6.03 Å². The van der Waals surface area contributed by atoms with Crippen LogP contribution in [0.4, 0.5) is 19.3 Å². The number of hydrogen-bond acceptors (Lipinski definition) is 2. The van der Waals surface area contributed by atoms with Gasteiger partial charge in [0.2, 0.25) is 5.91 Å². The van der Waals surface area contributed by atoms with E-state index in [1.807, 2.05) is 0 Å². The predicted octanol–water partition coefficient (Wildman–Crippen LogP) is 2.05. The number of nitrogens with one attached hydrogen (secondary N) is 1. The molecule has 5 nitrogen and oxygen atoms in total. The summed E-state index contributed by atoms with van der Waals surface area (Å²) >= 11 is 0. The lowest BCUT2D eigenvalue weighted by Gasteiger charge is -2.35. The molecular weight excluding hydrogens is 292 g/mol. The number of hydrogen-bond donors (Lipinski definition) is 1. The highest BCUT2D eigenvalue weighted by atomic mass is 19.1. The lowest BCUT2D eigenvalue weighted by molar-refractivity contribution is -0.130. The number of rotatable bonds is 1. The van der Waals surface area contributed by atoms with Crippen LogP contribution in [0.2, 0.25) is 0 Å². The molecule has 0 bridgehead atoms. The Kier molecular flexibility index (Phi) is 3.72. The quantitative estimate of drug-likeness (QED) is 0.863. The van der Waals surface area contributed by atoms with E-state index in [9.17, 15) is 18.4 Å². The molecule has 0 saturated carbocycles. The van der Waals surface area contributed by atoms with E-state index >= 15 is 0 Å². The molecule has 0 aromatic heterocycles. The number of nitrogens with zero attached hydrogens (tertiary/aromatic N) is 2. The molecule has 3 rings (SSSR count). The average molecular weight is 309 g/mol. The van der Waals surface area contributed by atoms with Crippen LogP contribution in [0.5, 0.6) is 0 Å². The van der Waals surface area contributed by atoms with Gasteiger partial charge in [-0.25, -0.2) is 13.6 Å². The van der Waals surface area contributed by atoms with Crippen molar-refractivity contribution < 1.29 is 18.4 Å². The molecule has 2 fully saturated rings. The molecule has 0 spiro atoms. The van der Waals surface area contributed by atoms with Crippen molar-refractivity contribution in [2.45, 2.75) is 18.9 Å². The minimum absolute atomic E-state index is 0.0549. The third kappa shape index (κ3) is 2.63. The van der Waals surface area contributed by atoms with Crippen molar-refractivity contribution in [2.24, 2.45) is 5.92 Å². The third-order valence-corrected chi connectivity index (χ3v) is 4.31. The third-order valence-electron chi connectivity index (χ3n) is 4.31. The summed E-state index contributed by atoms with van der Waals surface area (Å²) in [5.74, 6) is -1.61. The van der Waals surface area contributed by atoms with Crippen molar-refractivity contribution in [2.75, 3.05) is 25.5 Å². The first-order chi connectivity index (χ1) is 10.5. The van der Waals surface area contributed by atoms with E-state index < -0.39 is 17.7 Å². The van der Waals surface area contributed by atoms with Crippen molar-refractivity contribution in [1.82, 2.24) is 9.80 Å². The predicted molar refractivity (Wildman–Crippen MR) is 76.2 cm³/mol. The summed E-state index contributed by atoms with van der Waals surface area (Å²) in [7, 11) is 1.72. The van der Waals surface area contributed by atoms with Crippen molar-refractivity contribution in [3.05, 3.63) is 29.8 Å². The van der Waals surface area contributed by atoms with Crippen LogP contribution < -0.4 is 5.32 Å². The zero-order valence-electron chi connectivity index (χ0n) is 12.2. The molecule has 1 aromatic rings. The van der Waals surface area contributed by atoms with Crippen LogP contribution in [0, 0.1) is 17.6 Å². The highest BCUT2D eigenvalue weighted by Crippen LogP contribution is 2.31. The van der Waals surface area contributed by atoms with Crippen molar-refractivity contribution >= 4 is 17.6 Å². The normalized spacial score (nSPS) is 24.4. The Hall–Kier alpha value is -2.18. The summed E-state index contributed by atoms with van der Waals surface area (Å²) in [6.45, 7) is 1.03. The van der Waals surface area contributed by atoms with Crippen LogP contribution in [-0.2, 0) is 4.79 Å². The fourth-order valence-electron chi connectivity index (χ4n) is 3.30. The molecule has 0 radical (unpaired) electrons. The highest BCUT2D eigenvalue weighted by Gasteiger charge is 2.45. The van der Waals surface area contributed by atoms with Gasteiger partial charge in [0, 0.05) is 31.9 Å². The molecule has 118 valence electrons. The number of anilines is 1. The number of likely N-dealkylation sites (N-methyl/N-ethyl adjacent to an activating group) is 1. The second-order valence-corrected chi connectivity index (χ2v) is 5.82. The van der Waals surface area contributed by atoms with Gasteiger partial charge in [0.05, 0.1) is 12.0 Å². The zero-order valence-corrected chi connectivity index (χ0v) is 12.2. The second kappa shape index (κ2) is 5.55. The Morgan fingerprint density at radius 1 is 1.27 bits per heavy atom. The van der Waals surface area contributed by atoms with Crippen molar-refractivity contribution in [1.29, 1.82) is 0 Å². The number of piperidine rings is 1. The van der Waals surface area contributed by atoms with Crippen molar-refractivity contribution in [3.8, 4) is 0 Å². The largest absolute Gasteiger partial charge is 0.343 e. The number of halogens is 2. The molecule has 0 aliphatic carbocycles. The summed E-state index contributed by atoms with van der Waals surface area (Å²) in [6.07, 6.45) is 1.51. The Labute approximate surface area is 126 Å². The maximum Gasteiger partial charge on any atom is 0.322 e. The van der Waals surface area contributed by atoms with E-state index in [0.29, 0.717) is 13.1 Å². The lowest BCUT2D eigenvalue weighted by Crippen LogP contribution is -2.50. The van der Waals surface area contributed by atoms with E-state index in [1.165, 1.54) is 0 Å². The van der Waals surface area contributed by atoms with Crippen molar-refractivity contribution in [3.63, 3.8) is 0 Å². The number of carbonyl (C=O) groups excluding carboxylic acids is 2. The van der Waals surface area contributed by atoms with Gasteiger partial charge in [-0.05, 0) is 25.0 Å². The molecule has 2 heterocycles. The standard InChI is InChI=1S/C15H17F2N3O2/c1-19-8-13-12(14(19)21)3-2-4-20(13)15(22)18-11-6-9(16)5-10(17)7-11/h5-7,12-13H,2-4,8H2,1H3,(H,18,22)/t12-,13-/m1/s1. The minimum Gasteiger partial charge on any atom is -0.343 e. The topological polar surface area (TPSA) is 52.6 Å². The molecule has 2 saturated heterocycles. The second-order valence-electron chi connectivity index (χ2n) is 5.82. The fourth-order valence-corrected chi connectivity index (χ4v) is 3.30. The highest BCUT2D eigenvalue weighted by molar-refractivity contribution is 5.91. The Bertz CT molecular complexity index is 603. The van der Waals surface area contributed by atoms with Crippen LogP contribution >= 0.6 is 0 Å². The molecule has 2 atom stereocenters. The van der Waals surface area contributed by atoms with Crippen LogP contribution in [0.3, 0.4) is 0 Å². The van der Waals surface area contributed by atoms with Gasteiger partial charge in [-0.2, -0.15) is 0 Å². The van der Waals surface area contributed by atoms with Gasteiger partial charge in [0.25, 0.3) is 0 Å². The molecule has 7 heteroatoms. The first-order valence-corrected chi connectivity index (χ1v) is 7.24. The van der Waals surface area contributed by atoms with Crippen LogP contribution in [0.15, 0.2) is 18.2 Å². The first-order valence-electron chi connectivity index (χ1n) is 7.24. The van der Waals surface area contributed by atoms with E-state index in [4.69, 9.17) is 0 Å². The minimum atomic E-state index is -0.748. The van der Waals surface area contributed by atoms with Crippen LogP contribution in [-0.4, -0.2) is 47.9 Å². The fraction of sp³-hybridized carbons (Fsp3) is 0.467. The van der Waals surface area contributed by atoms with E-state index in [0.717, 1.165) is 31.0 Å². The van der Waals surface area contributed by atoms with Gasteiger partial charge in [-0.1, -0.05) is 0 Å². The van der Waals surface area contributed by atoms with Gasteiger partial charge < -0.3 is 15.1 Å². The summed E-state index contributed by atoms with van der Waals surface area (Å²) in [4.78, 5) is 27.6. The SMILES string of the molecule is CN1C[C@@H]2[C@@H](CCCN2C(=O)Nc2cc(F)cc(F)c2)C1=O. The summed E-state index contributed by atoms with van der Waals surface area (Å²) in [5, 5.41) is 2.51. The number of carbonyl (C=O) groups is 2. The number of fused-ring (bicyclic) bond motifs is 1. The maximum absolute atomic E-state index is 13.2. The molecule has 3 amide bonds. The summed E-state index contributed by atoms with van der Waals surface area (Å²) in [6, 6.07) is 2.27. The number of urea groups is 1. The number of benzene rings is 1. The molecule has 22 heavy (non-hydrogen) atoms. The molecule has 2 aliphatic heterocycles. The Morgan fingerprint density at radius 3 is 2.64 bits per heavy atom. The van der Waals surface area contributed by atoms with Gasteiger partial charge in [-0.3, -0.25) is 4.79 Å². The van der Waals surface area contributed by atoms with Gasteiger partial charge in [0.15, 0.2) is 0 Å². The first kappa shape index (κ1) is 14.7. The summed E-state index contributed by atoms with van der Waals surface area (Å²) < 4.78 is 26.4. The monoisotopic (exact) mass is 309 g/mol. The number of likely N-dealkylation sites (tertiary alicyclic amines) is 2. The van der Waals surface area contributed by atoms with Gasteiger partial charge in [-0.15, -0.1) is 0 Å². The van der Waals surface area contributed by atoms with E-state index in [1.54, 1.807) is 16.8 Å². The molecule has 1 aromatic carbocycles. The van der Waals surface area contributed by atoms with Crippen LogP contribution in [0.25, 0.3) is 0 Å². The summed E-state index contributed by atoms with van der Waals surface area (Å²) in [5.41, 5.74) is 0.0716. The van der Waals surface area contributed by atoms with Crippen LogP contribution in [0.1, 0.15) is 12.8 Å². The molecule has 0 unspecified atom stereocenters. The lowest BCUT2D eigenvalue weighted by atomic mass is 9.92. The van der Waals surface area contributed by atoms with E-state index in [-0.39, 0.29) is 23.6 Å². The Morgan fingerprint density at radius 2 is 1.95 bits per heavy atom. The van der Waals surface area contributed by atoms with Gasteiger partial charge in [0.1, 0.15) is 11.6 Å². The number of amides is 3. The maximum atomic E-state index is 13.2. The van der Waals surface area contributed by atoms with E-state index in [2.05, 4.69) is 5.32 Å². The molecular formula is C15H17F2N3O2. The Balaban J connectivity index is 1.75. The molecule has 2 aliphatic rings. The zero-order chi connectivity index (χ0) is 15.9. The smallest absolute Gasteiger partial charge is 0.322 e. The average Bonchev–Trinajstić information content (AvgIpc) is 2.73. The molecule has 1 N–H and O–H groups in total.